The topological polar surface area (TPSA) is 63.6 Å². The lowest BCUT2D eigenvalue weighted by atomic mass is 9.47. The highest BCUT2D eigenvalue weighted by atomic mass is 16.5. The zero-order valence-electron chi connectivity index (χ0n) is 20.8. The van der Waals surface area contributed by atoms with Gasteiger partial charge in [-0.15, -0.1) is 0 Å². The van der Waals surface area contributed by atoms with Crippen LogP contribution in [-0.4, -0.2) is 23.0 Å². The monoisotopic (exact) mass is 462 g/mol. The summed E-state index contributed by atoms with van der Waals surface area (Å²) in [7, 11) is 0. The van der Waals surface area contributed by atoms with Crippen molar-refractivity contribution >= 4 is 17.8 Å². The van der Waals surface area contributed by atoms with E-state index in [4.69, 9.17) is 4.74 Å². The molecule has 3 saturated carbocycles. The van der Waals surface area contributed by atoms with Gasteiger partial charge in [-0.05, 0) is 97.3 Å². The Morgan fingerprint density at radius 1 is 1.03 bits per heavy atom. The number of ketones is 1. The van der Waals surface area contributed by atoms with Crippen molar-refractivity contribution < 1.29 is 19.4 Å². The molecule has 4 aliphatic rings. The minimum absolute atomic E-state index is 0.0380. The van der Waals surface area contributed by atoms with Gasteiger partial charge in [-0.25, -0.2) is 0 Å². The summed E-state index contributed by atoms with van der Waals surface area (Å²) >= 11 is 0. The fourth-order valence-corrected chi connectivity index (χ4v) is 8.31. The highest BCUT2D eigenvalue weighted by Gasteiger charge is 2.59. The Morgan fingerprint density at radius 2 is 1.79 bits per heavy atom. The molecular weight excluding hydrogens is 424 g/mol. The van der Waals surface area contributed by atoms with Gasteiger partial charge in [0.2, 0.25) is 0 Å². The molecule has 1 aromatic rings. The van der Waals surface area contributed by atoms with Gasteiger partial charge in [0.25, 0.3) is 0 Å². The van der Waals surface area contributed by atoms with Crippen molar-refractivity contribution in [3.8, 4) is 5.75 Å². The van der Waals surface area contributed by atoms with Gasteiger partial charge in [-0.1, -0.05) is 43.7 Å². The van der Waals surface area contributed by atoms with Crippen LogP contribution in [0.4, 0.5) is 0 Å². The quantitative estimate of drug-likeness (QED) is 0.316. The molecule has 0 aromatic heterocycles. The third kappa shape index (κ3) is 3.93. The molecule has 4 nitrogen and oxygen atoms in total. The van der Waals surface area contributed by atoms with Gasteiger partial charge < -0.3 is 9.84 Å². The molecule has 34 heavy (non-hydrogen) atoms. The number of hydrogen-bond donors (Lipinski definition) is 1. The maximum absolute atomic E-state index is 13.3. The molecule has 0 heterocycles. The summed E-state index contributed by atoms with van der Waals surface area (Å²) in [4.78, 5) is 24.8. The molecule has 0 spiro atoms. The molecule has 182 valence electrons. The number of allylic oxidation sites excluding steroid dienone is 2. The maximum Gasteiger partial charge on any atom is 0.302 e. The molecule has 0 amide bonds. The number of benzene rings is 1. The Morgan fingerprint density at radius 3 is 2.53 bits per heavy atom. The van der Waals surface area contributed by atoms with E-state index in [-0.39, 0.29) is 40.4 Å². The number of fused-ring (bicyclic) bond motifs is 5. The number of rotatable bonds is 4. The first-order valence-electron chi connectivity index (χ1n) is 13.1. The molecule has 0 aliphatic heterocycles. The van der Waals surface area contributed by atoms with Gasteiger partial charge in [0, 0.05) is 19.3 Å². The van der Waals surface area contributed by atoms with Crippen LogP contribution in [0.3, 0.4) is 0 Å². The SMILES string of the molecule is CC(=O)O[C@H]1CC[C@@]2(C)C(=CCC3C4CCC(C(=O)/C=C/c5ccc(O)cc5)[C@@]4(C)CCC32)C1. The van der Waals surface area contributed by atoms with Crippen LogP contribution in [0, 0.1) is 34.5 Å². The fraction of sp³-hybridized carbons (Fsp3) is 0.600. The van der Waals surface area contributed by atoms with E-state index in [0.29, 0.717) is 17.8 Å². The summed E-state index contributed by atoms with van der Waals surface area (Å²) in [6.45, 7) is 6.36. The average Bonchev–Trinajstić information content (AvgIpc) is 3.16. The van der Waals surface area contributed by atoms with E-state index in [1.807, 2.05) is 18.2 Å². The predicted octanol–water partition coefficient (Wildman–Crippen LogP) is 6.49. The van der Waals surface area contributed by atoms with Crippen LogP contribution in [-0.2, 0) is 14.3 Å². The summed E-state index contributed by atoms with van der Waals surface area (Å²) in [5, 5.41) is 9.49. The van der Waals surface area contributed by atoms with Crippen LogP contribution in [0.25, 0.3) is 6.08 Å². The lowest BCUT2D eigenvalue weighted by Gasteiger charge is -2.58. The third-order valence-electron chi connectivity index (χ3n) is 10.1. The fourth-order valence-electron chi connectivity index (χ4n) is 8.31. The summed E-state index contributed by atoms with van der Waals surface area (Å²) in [6, 6.07) is 6.99. The molecule has 1 N–H and O–H groups in total. The molecule has 0 radical (unpaired) electrons. The number of carbonyl (C=O) groups excluding carboxylic acids is 2. The summed E-state index contributed by atoms with van der Waals surface area (Å²) in [5.74, 6) is 2.36. The van der Waals surface area contributed by atoms with Crippen molar-refractivity contribution in [3.05, 3.63) is 47.6 Å². The Balaban J connectivity index is 1.32. The van der Waals surface area contributed by atoms with Crippen LogP contribution in [0.1, 0.15) is 77.7 Å². The summed E-state index contributed by atoms with van der Waals surface area (Å²) in [5.41, 5.74) is 2.74. The zero-order valence-corrected chi connectivity index (χ0v) is 20.8. The lowest BCUT2D eigenvalue weighted by Crippen LogP contribution is -2.51. The van der Waals surface area contributed by atoms with E-state index >= 15 is 0 Å². The molecule has 4 heteroatoms. The molecule has 7 atom stereocenters. The first kappa shape index (κ1) is 23.4. The number of ether oxygens (including phenoxy) is 1. The smallest absolute Gasteiger partial charge is 0.302 e. The molecule has 1 aromatic carbocycles. The van der Waals surface area contributed by atoms with E-state index < -0.39 is 0 Å². The highest BCUT2D eigenvalue weighted by molar-refractivity contribution is 5.96. The molecule has 4 unspecified atom stereocenters. The van der Waals surface area contributed by atoms with Crippen molar-refractivity contribution in [2.24, 2.45) is 34.5 Å². The number of aromatic hydroxyl groups is 1. The first-order chi connectivity index (χ1) is 16.2. The Hall–Kier alpha value is -2.36. The average molecular weight is 463 g/mol. The van der Waals surface area contributed by atoms with Crippen molar-refractivity contribution in [1.82, 2.24) is 0 Å². The lowest BCUT2D eigenvalue weighted by molar-refractivity contribution is -0.149. The first-order valence-corrected chi connectivity index (χ1v) is 13.1. The molecule has 0 bridgehead atoms. The van der Waals surface area contributed by atoms with E-state index in [2.05, 4.69) is 19.9 Å². The maximum atomic E-state index is 13.3. The van der Waals surface area contributed by atoms with Crippen molar-refractivity contribution in [1.29, 1.82) is 0 Å². The number of phenols is 1. The van der Waals surface area contributed by atoms with Gasteiger partial charge in [-0.2, -0.15) is 0 Å². The Bertz CT molecular complexity index is 1020. The standard InChI is InChI=1S/C30H38O4/c1-19(31)34-23-14-16-29(2)21(18-23)7-10-24-25-11-12-27(30(25,3)17-15-26(24)29)28(33)13-6-20-4-8-22(32)9-5-20/h4-9,13,23-27,32H,10-12,14-18H2,1-3H3/b13-6+/t23-,24?,25?,26?,27?,29-,30-/m0/s1. The van der Waals surface area contributed by atoms with Crippen molar-refractivity contribution in [2.75, 3.05) is 0 Å². The third-order valence-corrected chi connectivity index (χ3v) is 10.1. The van der Waals surface area contributed by atoms with Gasteiger partial charge in [0.1, 0.15) is 11.9 Å². The van der Waals surface area contributed by atoms with E-state index in [0.717, 1.165) is 50.5 Å². The minimum Gasteiger partial charge on any atom is -0.508 e. The normalized spacial score (nSPS) is 39.0. The van der Waals surface area contributed by atoms with Gasteiger partial charge in [0.05, 0.1) is 0 Å². The van der Waals surface area contributed by atoms with Crippen LogP contribution in [0.5, 0.6) is 5.75 Å². The van der Waals surface area contributed by atoms with Crippen LogP contribution >= 0.6 is 0 Å². The second kappa shape index (κ2) is 8.70. The van der Waals surface area contributed by atoms with E-state index in [1.165, 1.54) is 18.9 Å². The number of esters is 1. The van der Waals surface area contributed by atoms with E-state index in [9.17, 15) is 14.7 Å². The molecular formula is C30H38O4. The minimum atomic E-state index is -0.169. The second-order valence-electron chi connectivity index (χ2n) is 11.7. The largest absolute Gasteiger partial charge is 0.508 e. The summed E-state index contributed by atoms with van der Waals surface area (Å²) in [6.07, 6.45) is 14.7. The van der Waals surface area contributed by atoms with Gasteiger partial charge in [0.15, 0.2) is 5.78 Å². The number of hydrogen-bond acceptors (Lipinski definition) is 4. The van der Waals surface area contributed by atoms with Crippen LogP contribution < -0.4 is 0 Å². The zero-order chi connectivity index (χ0) is 24.1. The molecule has 4 aliphatic carbocycles. The highest BCUT2D eigenvalue weighted by Crippen LogP contribution is 2.66. The predicted molar refractivity (Wildman–Crippen MR) is 133 cm³/mol. The molecule has 3 fully saturated rings. The molecule has 5 rings (SSSR count). The summed E-state index contributed by atoms with van der Waals surface area (Å²) < 4.78 is 5.57. The Labute approximate surface area is 203 Å². The van der Waals surface area contributed by atoms with Crippen LogP contribution in [0.2, 0.25) is 0 Å². The van der Waals surface area contributed by atoms with E-state index in [1.54, 1.807) is 18.2 Å². The van der Waals surface area contributed by atoms with Crippen molar-refractivity contribution in [3.63, 3.8) is 0 Å². The second-order valence-corrected chi connectivity index (χ2v) is 11.7. The molecule has 0 saturated heterocycles. The van der Waals surface area contributed by atoms with Gasteiger partial charge >= 0.3 is 5.97 Å². The van der Waals surface area contributed by atoms with Gasteiger partial charge in [-0.3, -0.25) is 9.59 Å². The Kier molecular flexibility index (Phi) is 5.98. The number of carbonyl (C=O) groups is 2. The van der Waals surface area contributed by atoms with Crippen molar-refractivity contribution in [2.45, 2.75) is 78.2 Å². The van der Waals surface area contributed by atoms with Crippen LogP contribution in [0.15, 0.2) is 42.0 Å². The number of phenolic OH excluding ortho intramolecular Hbond substituents is 1.